The number of carbonyl (C=O) groups is 2. The molecule has 0 heterocycles. The van der Waals surface area contributed by atoms with Gasteiger partial charge in [0.2, 0.25) is 0 Å². The SMILES string of the molecule is O=C(O)CCC/C=C\CC1C[C@@H](O)CC1=O. The number of hydrogen-bond donors (Lipinski definition) is 2. The molecular weight excluding hydrogens is 208 g/mol. The summed E-state index contributed by atoms with van der Waals surface area (Å²) >= 11 is 0. The van der Waals surface area contributed by atoms with E-state index in [-0.39, 0.29) is 24.5 Å². The van der Waals surface area contributed by atoms with Crippen LogP contribution in [0.25, 0.3) is 0 Å². The molecule has 0 saturated heterocycles. The zero-order valence-electron chi connectivity index (χ0n) is 9.26. The second-order valence-corrected chi connectivity index (χ2v) is 4.25. The van der Waals surface area contributed by atoms with Crippen molar-refractivity contribution in [1.29, 1.82) is 0 Å². The molecule has 4 nitrogen and oxygen atoms in total. The van der Waals surface area contributed by atoms with Gasteiger partial charge in [0.15, 0.2) is 0 Å². The normalized spacial score (nSPS) is 25.4. The van der Waals surface area contributed by atoms with Crippen molar-refractivity contribution < 1.29 is 19.8 Å². The highest BCUT2D eigenvalue weighted by Crippen LogP contribution is 2.25. The van der Waals surface area contributed by atoms with Gasteiger partial charge >= 0.3 is 5.97 Å². The molecule has 1 fully saturated rings. The van der Waals surface area contributed by atoms with Crippen molar-refractivity contribution in [2.45, 2.75) is 44.6 Å². The number of allylic oxidation sites excluding steroid dienone is 2. The molecule has 0 aromatic carbocycles. The Bertz CT molecular complexity index is 283. The molecule has 0 bridgehead atoms. The highest BCUT2D eigenvalue weighted by molar-refractivity contribution is 5.83. The first-order valence-corrected chi connectivity index (χ1v) is 5.67. The molecule has 1 unspecified atom stereocenters. The first-order chi connectivity index (χ1) is 7.59. The van der Waals surface area contributed by atoms with Gasteiger partial charge in [0, 0.05) is 18.8 Å². The van der Waals surface area contributed by atoms with E-state index in [1.165, 1.54) is 0 Å². The van der Waals surface area contributed by atoms with Crippen LogP contribution < -0.4 is 0 Å². The van der Waals surface area contributed by atoms with Crippen LogP contribution in [-0.4, -0.2) is 28.1 Å². The van der Waals surface area contributed by atoms with Crippen LogP contribution in [0.15, 0.2) is 12.2 Å². The molecular formula is C12H18O4. The fourth-order valence-electron chi connectivity index (χ4n) is 1.92. The molecule has 1 aliphatic rings. The van der Waals surface area contributed by atoms with Crippen molar-refractivity contribution in [3.63, 3.8) is 0 Å². The lowest BCUT2D eigenvalue weighted by Crippen LogP contribution is -2.04. The minimum atomic E-state index is -0.775. The summed E-state index contributed by atoms with van der Waals surface area (Å²) in [5.74, 6) is -0.670. The zero-order valence-corrected chi connectivity index (χ0v) is 9.26. The Morgan fingerprint density at radius 2 is 2.19 bits per heavy atom. The largest absolute Gasteiger partial charge is 0.481 e. The van der Waals surface area contributed by atoms with E-state index < -0.39 is 12.1 Å². The van der Waals surface area contributed by atoms with Gasteiger partial charge in [-0.1, -0.05) is 12.2 Å². The number of carboxylic acid groups (broad SMARTS) is 1. The molecule has 1 rings (SSSR count). The molecule has 2 atom stereocenters. The number of unbranched alkanes of at least 4 members (excludes halogenated alkanes) is 1. The third kappa shape index (κ3) is 4.57. The van der Waals surface area contributed by atoms with E-state index in [4.69, 9.17) is 5.11 Å². The summed E-state index contributed by atoms with van der Waals surface area (Å²) in [7, 11) is 0. The molecule has 0 amide bonds. The van der Waals surface area contributed by atoms with Crippen LogP contribution in [0.3, 0.4) is 0 Å². The van der Waals surface area contributed by atoms with Crippen molar-refractivity contribution in [3.8, 4) is 0 Å². The Labute approximate surface area is 95.0 Å². The molecule has 0 aromatic rings. The Balaban J connectivity index is 2.12. The number of aliphatic hydroxyl groups is 1. The molecule has 1 saturated carbocycles. The van der Waals surface area contributed by atoms with Crippen LogP contribution in [-0.2, 0) is 9.59 Å². The fraction of sp³-hybridized carbons (Fsp3) is 0.667. The first-order valence-electron chi connectivity index (χ1n) is 5.67. The van der Waals surface area contributed by atoms with Crippen LogP contribution >= 0.6 is 0 Å². The predicted octanol–water partition coefficient (Wildman–Crippen LogP) is 1.53. The quantitative estimate of drug-likeness (QED) is 0.532. The Morgan fingerprint density at radius 1 is 1.44 bits per heavy atom. The third-order valence-corrected chi connectivity index (χ3v) is 2.80. The van der Waals surface area contributed by atoms with Crippen LogP contribution in [0.4, 0.5) is 0 Å². The third-order valence-electron chi connectivity index (χ3n) is 2.80. The van der Waals surface area contributed by atoms with Crippen molar-refractivity contribution in [3.05, 3.63) is 12.2 Å². The molecule has 0 radical (unpaired) electrons. The maximum atomic E-state index is 11.3. The lowest BCUT2D eigenvalue weighted by atomic mass is 10.0. The summed E-state index contributed by atoms with van der Waals surface area (Å²) in [6.45, 7) is 0. The molecule has 0 aromatic heterocycles. The maximum absolute atomic E-state index is 11.3. The zero-order chi connectivity index (χ0) is 12.0. The number of aliphatic carboxylic acids is 1. The molecule has 90 valence electrons. The van der Waals surface area contributed by atoms with Crippen molar-refractivity contribution >= 4 is 11.8 Å². The van der Waals surface area contributed by atoms with E-state index in [0.717, 1.165) is 6.42 Å². The van der Waals surface area contributed by atoms with Crippen molar-refractivity contribution in [2.24, 2.45) is 5.92 Å². The predicted molar refractivity (Wildman–Crippen MR) is 59.0 cm³/mol. The molecule has 16 heavy (non-hydrogen) atoms. The first kappa shape index (κ1) is 12.9. The number of carboxylic acids is 1. The van der Waals surface area contributed by atoms with Crippen molar-refractivity contribution in [1.82, 2.24) is 0 Å². The minimum Gasteiger partial charge on any atom is -0.481 e. The number of carbonyl (C=O) groups excluding carboxylic acids is 1. The molecule has 4 heteroatoms. The van der Waals surface area contributed by atoms with E-state index in [2.05, 4.69) is 0 Å². The van der Waals surface area contributed by atoms with Crippen molar-refractivity contribution in [2.75, 3.05) is 0 Å². The van der Waals surface area contributed by atoms with Gasteiger partial charge in [-0.3, -0.25) is 9.59 Å². The minimum absolute atomic E-state index is 0.0364. The number of Topliss-reactive ketones (excluding diaryl/α,β-unsaturated/α-hetero) is 1. The van der Waals surface area contributed by atoms with Crippen LogP contribution in [0.2, 0.25) is 0 Å². The summed E-state index contributed by atoms with van der Waals surface area (Å²) in [4.78, 5) is 21.5. The smallest absolute Gasteiger partial charge is 0.303 e. The van der Waals surface area contributed by atoms with E-state index in [9.17, 15) is 14.7 Å². The monoisotopic (exact) mass is 226 g/mol. The van der Waals surface area contributed by atoms with Gasteiger partial charge in [-0.2, -0.15) is 0 Å². The number of ketones is 1. The average molecular weight is 226 g/mol. The number of aliphatic hydroxyl groups excluding tert-OH is 1. The van der Waals surface area contributed by atoms with E-state index in [0.29, 0.717) is 19.3 Å². The Hall–Kier alpha value is -1.16. The molecule has 0 spiro atoms. The molecule has 0 aliphatic heterocycles. The van der Waals surface area contributed by atoms with Gasteiger partial charge in [0.05, 0.1) is 6.10 Å². The summed E-state index contributed by atoms with van der Waals surface area (Å²) in [6, 6.07) is 0. The molecule has 1 aliphatic carbocycles. The second kappa shape index (κ2) is 6.43. The van der Waals surface area contributed by atoms with Gasteiger partial charge < -0.3 is 10.2 Å². The number of rotatable bonds is 6. The highest BCUT2D eigenvalue weighted by atomic mass is 16.4. The fourth-order valence-corrected chi connectivity index (χ4v) is 1.92. The lowest BCUT2D eigenvalue weighted by Gasteiger charge is -2.02. The van der Waals surface area contributed by atoms with E-state index in [1.54, 1.807) is 0 Å². The topological polar surface area (TPSA) is 74.6 Å². The van der Waals surface area contributed by atoms with Gasteiger partial charge in [-0.05, 0) is 25.7 Å². The summed E-state index contributed by atoms with van der Waals surface area (Å²) < 4.78 is 0. The maximum Gasteiger partial charge on any atom is 0.303 e. The lowest BCUT2D eigenvalue weighted by molar-refractivity contribution is -0.137. The van der Waals surface area contributed by atoms with Gasteiger partial charge in [-0.25, -0.2) is 0 Å². The summed E-state index contributed by atoms with van der Waals surface area (Å²) in [5.41, 5.74) is 0. The number of hydrogen-bond acceptors (Lipinski definition) is 3. The summed E-state index contributed by atoms with van der Waals surface area (Å²) in [5, 5.41) is 17.7. The van der Waals surface area contributed by atoms with Crippen LogP contribution in [0.1, 0.15) is 38.5 Å². The Kier molecular flexibility index (Phi) is 5.19. The standard InChI is InChI=1S/C12H18O4/c13-10-7-9(11(14)8-10)5-3-1-2-4-6-12(15)16/h1,3,9-10,13H,2,4-8H2,(H,15,16)/b3-1-/t9?,10-/m1/s1. The van der Waals surface area contributed by atoms with E-state index in [1.807, 2.05) is 12.2 Å². The summed E-state index contributed by atoms with van der Waals surface area (Å²) in [6.07, 6.45) is 6.45. The average Bonchev–Trinajstić information content (AvgIpc) is 2.50. The van der Waals surface area contributed by atoms with E-state index >= 15 is 0 Å². The molecule has 2 N–H and O–H groups in total. The Morgan fingerprint density at radius 3 is 2.75 bits per heavy atom. The van der Waals surface area contributed by atoms with Crippen LogP contribution in [0, 0.1) is 5.92 Å². The second-order valence-electron chi connectivity index (χ2n) is 4.25. The van der Waals surface area contributed by atoms with Gasteiger partial charge in [0.1, 0.15) is 5.78 Å². The van der Waals surface area contributed by atoms with Gasteiger partial charge in [-0.15, -0.1) is 0 Å². The van der Waals surface area contributed by atoms with Gasteiger partial charge in [0.25, 0.3) is 0 Å². The van der Waals surface area contributed by atoms with Crippen LogP contribution in [0.5, 0.6) is 0 Å². The highest BCUT2D eigenvalue weighted by Gasteiger charge is 2.29.